The quantitative estimate of drug-likeness (QED) is 0.789. The molecule has 1 aliphatic rings. The summed E-state index contributed by atoms with van der Waals surface area (Å²) >= 11 is 0. The number of hydrogen-bond donors (Lipinski definition) is 2. The number of amides is 2. The molecule has 0 aromatic carbocycles. The van der Waals surface area contributed by atoms with Gasteiger partial charge in [-0.1, -0.05) is 0 Å². The lowest BCUT2D eigenvalue weighted by atomic mass is 10.2. The second-order valence-corrected chi connectivity index (χ2v) is 5.05. The third-order valence-corrected chi connectivity index (χ3v) is 3.48. The lowest BCUT2D eigenvalue weighted by molar-refractivity contribution is -0.132. The molecule has 118 valence electrons. The fraction of sp³-hybridized carbons (Fsp3) is 0.400. The molecule has 2 rings (SSSR count). The van der Waals surface area contributed by atoms with Gasteiger partial charge in [-0.3, -0.25) is 9.59 Å². The Bertz CT molecular complexity index is 658. The molecule has 1 saturated heterocycles. The molecule has 1 aromatic rings. The maximum atomic E-state index is 12.0. The number of nitrogens with zero attached hydrogens (tertiary/aromatic N) is 4. The van der Waals surface area contributed by atoms with Gasteiger partial charge in [0.15, 0.2) is 0 Å². The van der Waals surface area contributed by atoms with E-state index in [0.29, 0.717) is 24.3 Å². The smallest absolute Gasteiger partial charge is 0.243 e. The number of rotatable bonds is 5. The lowest BCUT2D eigenvalue weighted by Crippen LogP contribution is -2.43. The normalized spacial score (nSPS) is 16.3. The van der Waals surface area contributed by atoms with Crippen molar-refractivity contribution in [1.29, 1.82) is 10.5 Å². The van der Waals surface area contributed by atoms with Crippen LogP contribution < -0.4 is 10.6 Å². The van der Waals surface area contributed by atoms with Crippen molar-refractivity contribution in [3.8, 4) is 12.1 Å². The summed E-state index contributed by atoms with van der Waals surface area (Å²) in [7, 11) is 0. The van der Waals surface area contributed by atoms with E-state index in [2.05, 4.69) is 21.7 Å². The van der Waals surface area contributed by atoms with E-state index >= 15 is 0 Å². The monoisotopic (exact) mass is 312 g/mol. The third kappa shape index (κ3) is 4.42. The second-order valence-electron chi connectivity index (χ2n) is 5.05. The fourth-order valence-electron chi connectivity index (χ4n) is 2.27. The van der Waals surface area contributed by atoms with E-state index in [1.807, 2.05) is 6.07 Å². The predicted molar refractivity (Wildman–Crippen MR) is 80.8 cm³/mol. The summed E-state index contributed by atoms with van der Waals surface area (Å²) in [5.74, 6) is -0.134. The summed E-state index contributed by atoms with van der Waals surface area (Å²) < 4.78 is 0. The SMILES string of the molecule is N#Cc1ccc(NCC(=O)NCC(=O)N2CCC[C@H]2C#N)nc1. The number of nitriles is 2. The van der Waals surface area contributed by atoms with Crippen LogP contribution in [0.25, 0.3) is 0 Å². The summed E-state index contributed by atoms with van der Waals surface area (Å²) in [6.07, 6.45) is 2.89. The zero-order valence-corrected chi connectivity index (χ0v) is 12.5. The number of pyridine rings is 1. The van der Waals surface area contributed by atoms with Crippen LogP contribution in [0.4, 0.5) is 5.82 Å². The fourth-order valence-corrected chi connectivity index (χ4v) is 2.27. The largest absolute Gasteiger partial charge is 0.361 e. The third-order valence-electron chi connectivity index (χ3n) is 3.48. The number of hydrogen-bond acceptors (Lipinski definition) is 6. The first-order valence-electron chi connectivity index (χ1n) is 7.20. The van der Waals surface area contributed by atoms with Gasteiger partial charge in [0, 0.05) is 12.7 Å². The van der Waals surface area contributed by atoms with Gasteiger partial charge in [0.2, 0.25) is 11.8 Å². The average molecular weight is 312 g/mol. The molecule has 8 nitrogen and oxygen atoms in total. The summed E-state index contributed by atoms with van der Waals surface area (Å²) in [4.78, 5) is 29.2. The van der Waals surface area contributed by atoms with Crippen LogP contribution in [0.5, 0.6) is 0 Å². The van der Waals surface area contributed by atoms with Gasteiger partial charge in [0.25, 0.3) is 0 Å². The van der Waals surface area contributed by atoms with Crippen molar-refractivity contribution in [1.82, 2.24) is 15.2 Å². The maximum Gasteiger partial charge on any atom is 0.243 e. The lowest BCUT2D eigenvalue weighted by Gasteiger charge is -2.19. The number of carbonyl (C=O) groups is 2. The van der Waals surface area contributed by atoms with Crippen molar-refractivity contribution in [3.05, 3.63) is 23.9 Å². The molecular formula is C15H16N6O2. The highest BCUT2D eigenvalue weighted by atomic mass is 16.2. The summed E-state index contributed by atoms with van der Waals surface area (Å²) in [6.45, 7) is 0.397. The second kappa shape index (κ2) is 7.76. The Kier molecular flexibility index (Phi) is 5.48. The van der Waals surface area contributed by atoms with Crippen molar-refractivity contribution in [2.24, 2.45) is 0 Å². The molecular weight excluding hydrogens is 296 g/mol. The minimum atomic E-state index is -0.389. The van der Waals surface area contributed by atoms with E-state index in [4.69, 9.17) is 10.5 Å². The van der Waals surface area contributed by atoms with Crippen LogP contribution >= 0.6 is 0 Å². The van der Waals surface area contributed by atoms with Gasteiger partial charge in [-0.15, -0.1) is 0 Å². The maximum absolute atomic E-state index is 12.0. The molecule has 2 heterocycles. The Hall–Kier alpha value is -3.13. The zero-order chi connectivity index (χ0) is 16.7. The Morgan fingerprint density at radius 2 is 2.17 bits per heavy atom. The van der Waals surface area contributed by atoms with Gasteiger partial charge in [-0.25, -0.2) is 4.98 Å². The van der Waals surface area contributed by atoms with Gasteiger partial charge in [-0.2, -0.15) is 10.5 Å². The van der Waals surface area contributed by atoms with E-state index in [1.54, 1.807) is 12.1 Å². The van der Waals surface area contributed by atoms with E-state index in [1.165, 1.54) is 11.1 Å². The standard InChI is InChI=1S/C15H16N6O2/c16-6-11-3-4-13(18-8-11)19-9-14(22)20-10-15(23)21-5-1-2-12(21)7-17/h3-4,8,12H,1-2,5,9-10H2,(H,18,19)(H,20,22)/t12-/m0/s1. The number of likely N-dealkylation sites (tertiary alicyclic amines) is 1. The van der Waals surface area contributed by atoms with Crippen molar-refractivity contribution in [2.45, 2.75) is 18.9 Å². The molecule has 0 unspecified atom stereocenters. The van der Waals surface area contributed by atoms with Crippen molar-refractivity contribution in [2.75, 3.05) is 25.0 Å². The Balaban J connectivity index is 1.73. The molecule has 1 atom stereocenters. The molecule has 23 heavy (non-hydrogen) atoms. The van der Waals surface area contributed by atoms with Crippen LogP contribution in [0.2, 0.25) is 0 Å². The average Bonchev–Trinajstić information content (AvgIpc) is 3.07. The zero-order valence-electron chi connectivity index (χ0n) is 12.5. The van der Waals surface area contributed by atoms with Gasteiger partial charge < -0.3 is 15.5 Å². The first-order valence-corrected chi connectivity index (χ1v) is 7.20. The van der Waals surface area contributed by atoms with Crippen LogP contribution in [0.1, 0.15) is 18.4 Å². The molecule has 8 heteroatoms. The highest BCUT2D eigenvalue weighted by Gasteiger charge is 2.28. The molecule has 1 fully saturated rings. The molecule has 0 bridgehead atoms. The van der Waals surface area contributed by atoms with Crippen LogP contribution in [-0.2, 0) is 9.59 Å². The van der Waals surface area contributed by atoms with Crippen molar-refractivity contribution >= 4 is 17.6 Å². The molecule has 2 amide bonds. The van der Waals surface area contributed by atoms with Crippen molar-refractivity contribution < 1.29 is 9.59 Å². The van der Waals surface area contributed by atoms with Crippen LogP contribution in [0, 0.1) is 22.7 Å². The predicted octanol–water partition coefficient (Wildman–Crippen LogP) is -0.00404. The Labute approximate surface area is 133 Å². The summed E-state index contributed by atoms with van der Waals surface area (Å²) in [6, 6.07) is 6.84. The number of carbonyl (C=O) groups excluding carboxylic acids is 2. The molecule has 0 saturated carbocycles. The van der Waals surface area contributed by atoms with E-state index in [9.17, 15) is 9.59 Å². The first-order chi connectivity index (χ1) is 11.1. The molecule has 0 radical (unpaired) electrons. The van der Waals surface area contributed by atoms with E-state index in [0.717, 1.165) is 6.42 Å². The molecule has 2 N–H and O–H groups in total. The molecule has 1 aromatic heterocycles. The van der Waals surface area contributed by atoms with Crippen LogP contribution in [-0.4, -0.2) is 47.4 Å². The topological polar surface area (TPSA) is 122 Å². The Morgan fingerprint density at radius 1 is 1.35 bits per heavy atom. The highest BCUT2D eigenvalue weighted by Crippen LogP contribution is 2.15. The number of aromatic nitrogens is 1. The van der Waals surface area contributed by atoms with Gasteiger partial charge in [0.05, 0.1) is 24.7 Å². The number of anilines is 1. The summed E-state index contributed by atoms with van der Waals surface area (Å²) in [5.41, 5.74) is 0.434. The van der Waals surface area contributed by atoms with Gasteiger partial charge in [-0.05, 0) is 25.0 Å². The van der Waals surface area contributed by atoms with Gasteiger partial charge in [0.1, 0.15) is 17.9 Å². The minimum Gasteiger partial charge on any atom is -0.361 e. The van der Waals surface area contributed by atoms with E-state index in [-0.39, 0.29) is 30.9 Å². The summed E-state index contributed by atoms with van der Waals surface area (Å²) in [5, 5.41) is 22.9. The number of nitrogens with one attached hydrogen (secondary N) is 2. The van der Waals surface area contributed by atoms with Crippen molar-refractivity contribution in [3.63, 3.8) is 0 Å². The Morgan fingerprint density at radius 3 is 2.83 bits per heavy atom. The highest BCUT2D eigenvalue weighted by molar-refractivity contribution is 5.87. The van der Waals surface area contributed by atoms with E-state index < -0.39 is 0 Å². The molecule has 0 spiro atoms. The molecule has 0 aliphatic carbocycles. The van der Waals surface area contributed by atoms with Gasteiger partial charge >= 0.3 is 0 Å². The van der Waals surface area contributed by atoms with Crippen LogP contribution in [0.15, 0.2) is 18.3 Å². The minimum absolute atomic E-state index is 0.0339. The molecule has 1 aliphatic heterocycles. The van der Waals surface area contributed by atoms with Crippen LogP contribution in [0.3, 0.4) is 0 Å². The first kappa shape index (κ1) is 16.2.